The number of carbonyl (C=O) groups excluding carboxylic acids is 1. The standard InChI is InChI=1S/C20H25FN2O4S/c1-14(2)27-17-11-9-16(10-12-17)22-19(24)20(3,4)23-28(25,26)13-15-7-5-6-8-18(15)21/h5-12,14,23H,13H2,1-4H3,(H,22,24). The maximum absolute atomic E-state index is 13.7. The second kappa shape index (κ2) is 8.70. The highest BCUT2D eigenvalue weighted by molar-refractivity contribution is 7.88. The number of ether oxygens (including phenoxy) is 1. The van der Waals surface area contributed by atoms with Crippen LogP contribution in [0.1, 0.15) is 33.3 Å². The van der Waals surface area contributed by atoms with E-state index in [0.29, 0.717) is 11.4 Å². The Balaban J connectivity index is 2.04. The van der Waals surface area contributed by atoms with Gasteiger partial charge < -0.3 is 10.1 Å². The highest BCUT2D eigenvalue weighted by Gasteiger charge is 2.33. The average molecular weight is 408 g/mol. The van der Waals surface area contributed by atoms with Crippen LogP contribution >= 0.6 is 0 Å². The molecule has 6 nitrogen and oxygen atoms in total. The SMILES string of the molecule is CC(C)Oc1ccc(NC(=O)C(C)(C)NS(=O)(=O)Cc2ccccc2F)cc1. The normalized spacial score (nSPS) is 12.1. The van der Waals surface area contributed by atoms with Gasteiger partial charge in [0.15, 0.2) is 0 Å². The highest BCUT2D eigenvalue weighted by Crippen LogP contribution is 2.19. The van der Waals surface area contributed by atoms with Crippen LogP contribution in [0, 0.1) is 5.82 Å². The van der Waals surface area contributed by atoms with Crippen LogP contribution in [0.15, 0.2) is 48.5 Å². The molecule has 0 aliphatic carbocycles. The molecular formula is C20H25FN2O4S. The van der Waals surface area contributed by atoms with E-state index in [1.54, 1.807) is 30.3 Å². The summed E-state index contributed by atoms with van der Waals surface area (Å²) >= 11 is 0. The number of anilines is 1. The van der Waals surface area contributed by atoms with Gasteiger partial charge in [0, 0.05) is 11.3 Å². The van der Waals surface area contributed by atoms with Gasteiger partial charge in [0.05, 0.1) is 11.9 Å². The molecule has 0 unspecified atom stereocenters. The summed E-state index contributed by atoms with van der Waals surface area (Å²) in [5.74, 6) is -1.05. The zero-order chi connectivity index (χ0) is 20.9. The van der Waals surface area contributed by atoms with E-state index < -0.39 is 33.0 Å². The van der Waals surface area contributed by atoms with Gasteiger partial charge in [-0.15, -0.1) is 0 Å². The van der Waals surface area contributed by atoms with Gasteiger partial charge in [0.25, 0.3) is 0 Å². The van der Waals surface area contributed by atoms with Crippen LogP contribution in [-0.4, -0.2) is 26.0 Å². The van der Waals surface area contributed by atoms with Crippen LogP contribution in [0.4, 0.5) is 10.1 Å². The Hall–Kier alpha value is -2.45. The highest BCUT2D eigenvalue weighted by atomic mass is 32.2. The van der Waals surface area contributed by atoms with E-state index in [9.17, 15) is 17.6 Å². The van der Waals surface area contributed by atoms with E-state index in [-0.39, 0.29) is 11.7 Å². The van der Waals surface area contributed by atoms with Gasteiger partial charge >= 0.3 is 0 Å². The Morgan fingerprint density at radius 1 is 1.11 bits per heavy atom. The molecule has 1 amide bonds. The number of carbonyl (C=O) groups is 1. The first-order chi connectivity index (χ1) is 13.0. The molecular weight excluding hydrogens is 383 g/mol. The van der Waals surface area contributed by atoms with Crippen molar-refractivity contribution < 1.29 is 22.3 Å². The van der Waals surface area contributed by atoms with Gasteiger partial charge in [-0.1, -0.05) is 18.2 Å². The Labute approximate surface area is 165 Å². The third-order valence-electron chi connectivity index (χ3n) is 3.77. The predicted octanol–water partition coefficient (Wildman–Crippen LogP) is 3.45. The number of halogens is 1. The summed E-state index contributed by atoms with van der Waals surface area (Å²) in [4.78, 5) is 12.6. The molecule has 152 valence electrons. The zero-order valence-electron chi connectivity index (χ0n) is 16.3. The molecule has 0 bridgehead atoms. The number of nitrogens with one attached hydrogen (secondary N) is 2. The van der Waals surface area contributed by atoms with Crippen LogP contribution < -0.4 is 14.8 Å². The predicted molar refractivity (Wildman–Crippen MR) is 107 cm³/mol. The summed E-state index contributed by atoms with van der Waals surface area (Å²) in [7, 11) is -3.94. The van der Waals surface area contributed by atoms with E-state index in [2.05, 4.69) is 10.0 Å². The van der Waals surface area contributed by atoms with E-state index in [1.807, 2.05) is 13.8 Å². The van der Waals surface area contributed by atoms with Crippen LogP contribution in [0.2, 0.25) is 0 Å². The average Bonchev–Trinajstić information content (AvgIpc) is 2.57. The molecule has 0 spiro atoms. The van der Waals surface area contributed by atoms with Gasteiger partial charge in [-0.05, 0) is 58.0 Å². The van der Waals surface area contributed by atoms with Crippen molar-refractivity contribution in [2.45, 2.75) is 45.1 Å². The summed E-state index contributed by atoms with van der Waals surface area (Å²) in [5.41, 5.74) is -0.897. The fourth-order valence-corrected chi connectivity index (χ4v) is 4.05. The molecule has 2 aromatic carbocycles. The Morgan fingerprint density at radius 3 is 2.29 bits per heavy atom. The fourth-order valence-electron chi connectivity index (χ4n) is 2.47. The van der Waals surface area contributed by atoms with Crippen molar-refractivity contribution in [2.75, 3.05) is 5.32 Å². The first kappa shape index (κ1) is 21.8. The zero-order valence-corrected chi connectivity index (χ0v) is 17.1. The van der Waals surface area contributed by atoms with Gasteiger partial charge in [-0.25, -0.2) is 12.8 Å². The monoisotopic (exact) mass is 408 g/mol. The van der Waals surface area contributed by atoms with Crippen molar-refractivity contribution in [3.63, 3.8) is 0 Å². The van der Waals surface area contributed by atoms with Crippen molar-refractivity contribution >= 4 is 21.6 Å². The largest absolute Gasteiger partial charge is 0.491 e. The maximum atomic E-state index is 13.7. The number of hydrogen-bond acceptors (Lipinski definition) is 4. The van der Waals surface area contributed by atoms with Crippen molar-refractivity contribution in [1.82, 2.24) is 4.72 Å². The minimum Gasteiger partial charge on any atom is -0.491 e. The van der Waals surface area contributed by atoms with Gasteiger partial charge in [-0.2, -0.15) is 4.72 Å². The van der Waals surface area contributed by atoms with E-state index >= 15 is 0 Å². The Morgan fingerprint density at radius 2 is 1.71 bits per heavy atom. The fraction of sp³-hybridized carbons (Fsp3) is 0.350. The lowest BCUT2D eigenvalue weighted by atomic mass is 10.1. The topological polar surface area (TPSA) is 84.5 Å². The molecule has 0 aromatic heterocycles. The summed E-state index contributed by atoms with van der Waals surface area (Å²) in [6, 6.07) is 12.4. The van der Waals surface area contributed by atoms with Crippen LogP contribution in [0.25, 0.3) is 0 Å². The third-order valence-corrected chi connectivity index (χ3v) is 5.28. The number of sulfonamides is 1. The quantitative estimate of drug-likeness (QED) is 0.701. The first-order valence-electron chi connectivity index (χ1n) is 8.82. The summed E-state index contributed by atoms with van der Waals surface area (Å²) < 4.78 is 46.4. The molecule has 2 aromatic rings. The summed E-state index contributed by atoms with van der Waals surface area (Å²) in [6.45, 7) is 6.70. The molecule has 0 saturated heterocycles. The number of hydrogen-bond donors (Lipinski definition) is 2. The van der Waals surface area contributed by atoms with Gasteiger partial charge in [0.2, 0.25) is 15.9 Å². The second-order valence-corrected chi connectivity index (χ2v) is 8.94. The van der Waals surface area contributed by atoms with E-state index in [1.165, 1.54) is 32.0 Å². The lowest BCUT2D eigenvalue weighted by Crippen LogP contribution is -2.52. The van der Waals surface area contributed by atoms with Gasteiger partial charge in [-0.3, -0.25) is 4.79 Å². The van der Waals surface area contributed by atoms with Crippen molar-refractivity contribution in [3.8, 4) is 5.75 Å². The van der Waals surface area contributed by atoms with Crippen molar-refractivity contribution in [3.05, 3.63) is 59.9 Å². The molecule has 0 saturated carbocycles. The summed E-state index contributed by atoms with van der Waals surface area (Å²) in [6.07, 6.45) is 0.0308. The molecule has 0 fully saturated rings. The van der Waals surface area contributed by atoms with Crippen LogP contribution in [0.5, 0.6) is 5.75 Å². The minimum atomic E-state index is -3.94. The molecule has 2 N–H and O–H groups in total. The lowest BCUT2D eigenvalue weighted by Gasteiger charge is -2.25. The van der Waals surface area contributed by atoms with Crippen molar-refractivity contribution in [1.29, 1.82) is 0 Å². The van der Waals surface area contributed by atoms with Crippen molar-refractivity contribution in [2.24, 2.45) is 0 Å². The maximum Gasteiger partial charge on any atom is 0.245 e. The number of benzene rings is 2. The molecule has 0 atom stereocenters. The van der Waals surface area contributed by atoms with Gasteiger partial charge in [0.1, 0.15) is 17.1 Å². The molecule has 0 aliphatic rings. The molecule has 28 heavy (non-hydrogen) atoms. The first-order valence-corrected chi connectivity index (χ1v) is 10.5. The molecule has 8 heteroatoms. The molecule has 0 radical (unpaired) electrons. The lowest BCUT2D eigenvalue weighted by molar-refractivity contribution is -0.120. The van der Waals surface area contributed by atoms with E-state index in [4.69, 9.17) is 4.74 Å². The van der Waals surface area contributed by atoms with Crippen LogP contribution in [0.3, 0.4) is 0 Å². The second-order valence-electron chi connectivity index (χ2n) is 7.22. The summed E-state index contributed by atoms with van der Waals surface area (Å²) in [5, 5.41) is 2.67. The number of rotatable bonds is 8. The smallest absolute Gasteiger partial charge is 0.245 e. The minimum absolute atomic E-state index is 0.0308. The molecule has 2 rings (SSSR count). The third kappa shape index (κ3) is 6.31. The molecule has 0 heterocycles. The van der Waals surface area contributed by atoms with Crippen LogP contribution in [-0.2, 0) is 20.6 Å². The van der Waals surface area contributed by atoms with E-state index in [0.717, 1.165) is 0 Å². The Bertz CT molecular complexity index is 925. The molecule has 0 aliphatic heterocycles. The Kier molecular flexibility index (Phi) is 6.79. The number of amides is 1.